The normalized spacial score (nSPS) is 15.7. The van der Waals surface area contributed by atoms with E-state index in [1.54, 1.807) is 18.2 Å². The average Bonchev–Trinajstić information content (AvgIpc) is 2.41. The Morgan fingerprint density at radius 2 is 1.26 bits per heavy atom. The molecule has 6 heterocycles. The number of ether oxygens (including phenoxy) is 3. The fourth-order valence-electron chi connectivity index (χ4n) is 10.6. The molecule has 20 heteroatoms. The number of pyridine rings is 2. The fraction of sp³-hybridized carbons (Fsp3) is 0.385. The predicted molar refractivity (Wildman–Crippen MR) is 341 cm³/mol. The minimum absolute atomic E-state index is 0.0707. The SMILES string of the molecule is Cc1cccc2c1-c1nc(sc1-c1cc(F)cc(OCCC(C)(C)CCC(C)(C)CCOc3cccc(-c4sc5nc4-c4ccccc4OCCCCCNc4cccc(n4)S(=O)(=O)N5)c3)c1)NS(=O)(=O)c1cccc(n1)N(C)CCCCCC2. The number of para-hydroxylation sites is 1. The first-order valence-corrected chi connectivity index (χ1v) is 33.8. The van der Waals surface area contributed by atoms with E-state index in [2.05, 4.69) is 58.5 Å². The van der Waals surface area contributed by atoms with Crippen LogP contribution in [-0.4, -0.2) is 76.7 Å². The lowest BCUT2D eigenvalue weighted by molar-refractivity contribution is 0.164. The third-order valence-corrected chi connectivity index (χ3v) is 20.5. The molecule has 3 N–H and O–H groups in total. The molecule has 0 fully saturated rings. The van der Waals surface area contributed by atoms with Crippen molar-refractivity contribution in [3.63, 3.8) is 0 Å². The van der Waals surface area contributed by atoms with Crippen LogP contribution in [0.1, 0.15) is 109 Å². The van der Waals surface area contributed by atoms with Gasteiger partial charge in [0.25, 0.3) is 20.0 Å². The van der Waals surface area contributed by atoms with E-state index in [0.29, 0.717) is 83.5 Å². The van der Waals surface area contributed by atoms with Crippen LogP contribution < -0.4 is 33.9 Å². The van der Waals surface area contributed by atoms with Crippen LogP contribution in [0.2, 0.25) is 0 Å². The van der Waals surface area contributed by atoms with Crippen LogP contribution in [0.4, 0.5) is 26.3 Å². The number of nitrogens with one attached hydrogen (secondary N) is 3. The van der Waals surface area contributed by atoms with Crippen molar-refractivity contribution < 1.29 is 35.4 Å². The van der Waals surface area contributed by atoms with Gasteiger partial charge in [-0.05, 0) is 159 Å². The minimum atomic E-state index is -4.14. The fourth-order valence-corrected chi connectivity index (χ4v) is 14.9. The molecule has 8 bridgehead atoms. The van der Waals surface area contributed by atoms with E-state index in [1.165, 1.54) is 35.6 Å². The van der Waals surface area contributed by atoms with Crippen LogP contribution in [0.5, 0.6) is 17.2 Å². The van der Waals surface area contributed by atoms with Crippen LogP contribution >= 0.6 is 22.7 Å². The maximum atomic E-state index is 15.8. The Morgan fingerprint density at radius 1 is 0.624 bits per heavy atom. The third kappa shape index (κ3) is 15.7. The average molecular weight is 1230 g/mol. The second-order valence-electron chi connectivity index (χ2n) is 23.6. The lowest BCUT2D eigenvalue weighted by Gasteiger charge is -2.31. The number of nitrogens with zero attached hydrogens (tertiary/aromatic N) is 5. The first-order chi connectivity index (χ1) is 40.8. The molecular weight excluding hydrogens is 1150 g/mol. The summed E-state index contributed by atoms with van der Waals surface area (Å²) in [4.78, 5) is 22.2. The Labute approximate surface area is 508 Å². The van der Waals surface area contributed by atoms with Gasteiger partial charge >= 0.3 is 0 Å². The Bertz CT molecular complexity index is 3870. The molecule has 0 radical (unpaired) electrons. The number of aryl methyl sites for hydroxylation is 2. The molecule has 0 saturated carbocycles. The van der Waals surface area contributed by atoms with Crippen molar-refractivity contribution in [2.75, 3.05) is 59.6 Å². The van der Waals surface area contributed by atoms with E-state index in [1.807, 2.05) is 91.7 Å². The lowest BCUT2D eigenvalue weighted by atomic mass is 9.76. The van der Waals surface area contributed by atoms with Gasteiger partial charge in [-0.2, -0.15) is 16.8 Å². The molecule has 4 aromatic heterocycles. The molecule has 15 nitrogen and oxygen atoms in total. The summed E-state index contributed by atoms with van der Waals surface area (Å²) in [7, 11) is -6.30. The van der Waals surface area contributed by atoms with Crippen molar-refractivity contribution >= 4 is 64.6 Å². The summed E-state index contributed by atoms with van der Waals surface area (Å²) in [6.45, 7) is 13.8. The molecule has 0 unspecified atom stereocenters. The van der Waals surface area contributed by atoms with Crippen LogP contribution in [0.3, 0.4) is 0 Å². The summed E-state index contributed by atoms with van der Waals surface area (Å²) in [6, 6.07) is 36.3. The highest BCUT2D eigenvalue weighted by Crippen LogP contribution is 2.46. The zero-order valence-corrected chi connectivity index (χ0v) is 52.4. The van der Waals surface area contributed by atoms with Crippen LogP contribution in [0.15, 0.2) is 131 Å². The molecule has 2 aliphatic rings. The summed E-state index contributed by atoms with van der Waals surface area (Å²) in [5, 5.41) is 3.39. The van der Waals surface area contributed by atoms with Crippen molar-refractivity contribution in [1.82, 2.24) is 19.9 Å². The summed E-state index contributed by atoms with van der Waals surface area (Å²) < 4.78 is 95.9. The second kappa shape index (κ2) is 26.6. The quantitative estimate of drug-likeness (QED) is 0.0991. The number of aromatic nitrogens is 4. The van der Waals surface area contributed by atoms with E-state index in [-0.39, 0.29) is 31.1 Å². The number of thiazole rings is 2. The van der Waals surface area contributed by atoms with Crippen molar-refractivity contribution in [2.24, 2.45) is 10.8 Å². The largest absolute Gasteiger partial charge is 0.494 e. The molecule has 448 valence electrons. The van der Waals surface area contributed by atoms with Gasteiger partial charge in [-0.15, -0.1) is 0 Å². The summed E-state index contributed by atoms with van der Waals surface area (Å²) in [6.07, 6.45) is 10.8. The Kier molecular flexibility index (Phi) is 19.1. The Morgan fingerprint density at radius 3 is 2.02 bits per heavy atom. The maximum Gasteiger partial charge on any atom is 0.281 e. The number of anilines is 4. The number of hydrogen-bond acceptors (Lipinski definition) is 15. The van der Waals surface area contributed by atoms with Gasteiger partial charge < -0.3 is 24.4 Å². The Balaban J connectivity index is 0.797. The second-order valence-corrected chi connectivity index (χ2v) is 28.8. The number of benzene rings is 4. The highest BCUT2D eigenvalue weighted by molar-refractivity contribution is 7.93. The maximum absolute atomic E-state index is 15.8. The monoisotopic (exact) mass is 1230 g/mol. The molecule has 10 rings (SSSR count). The Hall–Kier alpha value is -7.13. The first-order valence-electron chi connectivity index (χ1n) is 29.2. The lowest BCUT2D eigenvalue weighted by Crippen LogP contribution is -2.22. The van der Waals surface area contributed by atoms with Crippen molar-refractivity contribution in [3.8, 4) is 60.6 Å². The molecule has 4 aromatic carbocycles. The van der Waals surface area contributed by atoms with Crippen molar-refractivity contribution in [3.05, 3.63) is 138 Å². The van der Waals surface area contributed by atoms with Crippen molar-refractivity contribution in [2.45, 2.75) is 122 Å². The van der Waals surface area contributed by atoms with Gasteiger partial charge in [0, 0.05) is 42.9 Å². The minimum Gasteiger partial charge on any atom is -0.494 e. The van der Waals surface area contributed by atoms with E-state index in [4.69, 9.17) is 24.2 Å². The predicted octanol–water partition coefficient (Wildman–Crippen LogP) is 15.7. The number of rotatable bonds is 13. The van der Waals surface area contributed by atoms with Gasteiger partial charge in [-0.3, -0.25) is 9.44 Å². The summed E-state index contributed by atoms with van der Waals surface area (Å²) in [5.41, 5.74) is 6.12. The summed E-state index contributed by atoms with van der Waals surface area (Å²) in [5.74, 6) is 2.31. The van der Waals surface area contributed by atoms with Crippen LogP contribution in [0.25, 0.3) is 43.4 Å². The van der Waals surface area contributed by atoms with E-state index in [0.717, 1.165) is 121 Å². The number of fused-ring (bicyclic) bond motifs is 12. The number of hydrogen-bond donors (Lipinski definition) is 3. The smallest absolute Gasteiger partial charge is 0.281 e. The van der Waals surface area contributed by atoms with Gasteiger partial charge in [-0.25, -0.2) is 24.3 Å². The molecule has 0 spiro atoms. The number of halogens is 1. The van der Waals surface area contributed by atoms with E-state index >= 15 is 4.39 Å². The van der Waals surface area contributed by atoms with Crippen LogP contribution in [0, 0.1) is 23.6 Å². The van der Waals surface area contributed by atoms with Gasteiger partial charge in [0.15, 0.2) is 20.3 Å². The highest BCUT2D eigenvalue weighted by Gasteiger charge is 2.29. The zero-order valence-electron chi connectivity index (χ0n) is 49.2. The van der Waals surface area contributed by atoms with Crippen LogP contribution in [-0.2, 0) is 26.5 Å². The number of sulfonamides is 2. The van der Waals surface area contributed by atoms with Gasteiger partial charge in [-0.1, -0.05) is 118 Å². The van der Waals surface area contributed by atoms with E-state index in [9.17, 15) is 16.8 Å². The molecule has 0 amide bonds. The highest BCUT2D eigenvalue weighted by atomic mass is 32.2. The summed E-state index contributed by atoms with van der Waals surface area (Å²) >= 11 is 2.40. The van der Waals surface area contributed by atoms with Gasteiger partial charge in [0.1, 0.15) is 34.7 Å². The van der Waals surface area contributed by atoms with Gasteiger partial charge in [0.05, 0.1) is 41.0 Å². The third-order valence-electron chi connectivity index (χ3n) is 15.7. The molecule has 2 aliphatic heterocycles. The topological polar surface area (TPSA) is 187 Å². The van der Waals surface area contributed by atoms with E-state index < -0.39 is 25.9 Å². The van der Waals surface area contributed by atoms with Gasteiger partial charge in [0.2, 0.25) is 0 Å². The van der Waals surface area contributed by atoms with Crippen molar-refractivity contribution in [1.29, 1.82) is 0 Å². The standard InChI is InChI=1S/C65H75FN8O7S4/c1-44-20-16-22-45-21-10-7-8-14-36-74(6)54-28-19-30-56(69-54)85(77,78)73-63-71-59(57(44)45)61(83-63)47-40-48(66)43-50(42-47)80-39-34-65(4,5)32-31-64(2,3)33-38-79-49-24-17-23-46(41-49)60-58-51-25-11-12-26-52(51)81-37-15-9-13-35-67-53-27-18-29-55(68-53)84(75,76)72-62(70-58)82-60/h11-12,16-20,22-30,40-43H,7-10,13-15,21,31-39H2,1-6H3,(H,67,68)(H,70,72)(H,71,73). The molecule has 0 aliphatic carbocycles. The molecule has 85 heavy (non-hydrogen) atoms. The molecule has 0 saturated heterocycles. The first kappa shape index (κ1) is 61.0. The molecule has 0 atom stereocenters. The molecule has 8 aromatic rings. The zero-order chi connectivity index (χ0) is 59.8. The molecular formula is C65H75FN8O7S4.